The molecule has 0 unspecified atom stereocenters. The zero-order chi connectivity index (χ0) is 19.6. The Balaban J connectivity index is 1.36. The van der Waals surface area contributed by atoms with Crippen LogP contribution in [-0.4, -0.2) is 42.5 Å². The van der Waals surface area contributed by atoms with Gasteiger partial charge in [0, 0.05) is 30.2 Å². The van der Waals surface area contributed by atoms with Crippen LogP contribution < -0.4 is 0 Å². The van der Waals surface area contributed by atoms with E-state index < -0.39 is 9.84 Å². The fourth-order valence-electron chi connectivity index (χ4n) is 3.94. The van der Waals surface area contributed by atoms with Gasteiger partial charge in [-0.05, 0) is 30.0 Å². The quantitative estimate of drug-likeness (QED) is 0.719. The van der Waals surface area contributed by atoms with Crippen LogP contribution in [0.1, 0.15) is 24.0 Å². The molecule has 28 heavy (non-hydrogen) atoms. The number of fused-ring (bicyclic) bond motifs is 1. The Kier molecular flexibility index (Phi) is 5.22. The molecular formula is C22H24N2O3S. The Morgan fingerprint density at radius 2 is 1.68 bits per heavy atom. The van der Waals surface area contributed by atoms with Crippen molar-refractivity contribution in [3.05, 3.63) is 71.9 Å². The molecule has 1 N–H and O–H groups in total. The molecule has 1 aliphatic heterocycles. The molecule has 1 aliphatic rings. The average Bonchev–Trinajstić information content (AvgIpc) is 3.11. The molecule has 0 saturated carbocycles. The Hall–Kier alpha value is -2.60. The third kappa shape index (κ3) is 3.97. The number of H-pyrrole nitrogens is 1. The molecule has 0 atom stereocenters. The second kappa shape index (κ2) is 7.80. The van der Waals surface area contributed by atoms with Gasteiger partial charge in [0.05, 0.1) is 17.4 Å². The Labute approximate surface area is 165 Å². The van der Waals surface area contributed by atoms with Crippen molar-refractivity contribution < 1.29 is 13.2 Å². The number of para-hydroxylation sites is 1. The molecule has 2 heterocycles. The maximum absolute atomic E-state index is 12.7. The van der Waals surface area contributed by atoms with Crippen LogP contribution in [0.4, 0.5) is 0 Å². The van der Waals surface area contributed by atoms with Crippen LogP contribution in [-0.2, 0) is 26.8 Å². The normalized spacial score (nSPS) is 15.8. The first-order valence-corrected chi connectivity index (χ1v) is 11.3. The monoisotopic (exact) mass is 396 g/mol. The van der Waals surface area contributed by atoms with Crippen LogP contribution in [0.15, 0.2) is 60.8 Å². The Bertz CT molecular complexity index is 1070. The van der Waals surface area contributed by atoms with Crippen molar-refractivity contribution in [3.8, 4) is 0 Å². The Morgan fingerprint density at radius 1 is 1.00 bits per heavy atom. The minimum Gasteiger partial charge on any atom is -0.361 e. The summed E-state index contributed by atoms with van der Waals surface area (Å²) in [6.07, 6.45) is 3.24. The number of sulfone groups is 1. The van der Waals surface area contributed by atoms with Gasteiger partial charge in [-0.3, -0.25) is 4.79 Å². The van der Waals surface area contributed by atoms with E-state index in [1.54, 1.807) is 4.90 Å². The summed E-state index contributed by atoms with van der Waals surface area (Å²) in [5.74, 6) is 0.130. The summed E-state index contributed by atoms with van der Waals surface area (Å²) in [5.41, 5.74) is 2.83. The predicted octanol–water partition coefficient (Wildman–Crippen LogP) is 3.32. The number of hydrogen-bond acceptors (Lipinski definition) is 3. The summed E-state index contributed by atoms with van der Waals surface area (Å²) in [6, 6.07) is 17.2. The molecule has 0 bridgehead atoms. The lowest BCUT2D eigenvalue weighted by atomic mass is 10.1. The van der Waals surface area contributed by atoms with Crippen molar-refractivity contribution >= 4 is 26.6 Å². The molecule has 5 nitrogen and oxygen atoms in total. The molecule has 0 radical (unpaired) electrons. The van der Waals surface area contributed by atoms with E-state index in [0.717, 1.165) is 22.0 Å². The van der Waals surface area contributed by atoms with Crippen molar-refractivity contribution in [1.82, 2.24) is 9.88 Å². The van der Waals surface area contributed by atoms with E-state index in [9.17, 15) is 13.2 Å². The standard InChI is InChI=1S/C22H24N2O3S/c25-22(14-18-15-23-21-9-5-4-8-20(18)21)24-12-10-19(11-13-24)28(26,27)16-17-6-2-1-3-7-17/h1-9,15,19,23H,10-14,16H2. The van der Waals surface area contributed by atoms with Crippen molar-refractivity contribution in [3.63, 3.8) is 0 Å². The highest BCUT2D eigenvalue weighted by atomic mass is 32.2. The fraction of sp³-hybridized carbons (Fsp3) is 0.318. The van der Waals surface area contributed by atoms with Gasteiger partial charge in [-0.2, -0.15) is 0 Å². The van der Waals surface area contributed by atoms with Gasteiger partial charge in [0.25, 0.3) is 0 Å². The van der Waals surface area contributed by atoms with Crippen LogP contribution in [0.25, 0.3) is 10.9 Å². The van der Waals surface area contributed by atoms with E-state index >= 15 is 0 Å². The highest BCUT2D eigenvalue weighted by Crippen LogP contribution is 2.23. The summed E-state index contributed by atoms with van der Waals surface area (Å²) >= 11 is 0. The third-order valence-corrected chi connectivity index (χ3v) is 7.75. The molecule has 1 saturated heterocycles. The van der Waals surface area contributed by atoms with Crippen LogP contribution in [0.2, 0.25) is 0 Å². The smallest absolute Gasteiger partial charge is 0.227 e. The van der Waals surface area contributed by atoms with Gasteiger partial charge in [-0.15, -0.1) is 0 Å². The summed E-state index contributed by atoms with van der Waals surface area (Å²) in [7, 11) is -3.21. The van der Waals surface area contributed by atoms with Gasteiger partial charge in [0.1, 0.15) is 0 Å². The van der Waals surface area contributed by atoms with Crippen molar-refractivity contribution in [1.29, 1.82) is 0 Å². The minimum absolute atomic E-state index is 0.0589. The van der Waals surface area contributed by atoms with E-state index in [-0.39, 0.29) is 16.9 Å². The van der Waals surface area contributed by atoms with E-state index in [4.69, 9.17) is 0 Å². The fourth-order valence-corrected chi connectivity index (χ4v) is 5.76. The van der Waals surface area contributed by atoms with Gasteiger partial charge in [0.2, 0.25) is 5.91 Å². The maximum Gasteiger partial charge on any atom is 0.227 e. The summed E-state index contributed by atoms with van der Waals surface area (Å²) in [6.45, 7) is 1.000. The summed E-state index contributed by atoms with van der Waals surface area (Å²) < 4.78 is 25.5. The number of carbonyl (C=O) groups excluding carboxylic acids is 1. The number of amides is 1. The molecule has 3 aromatic rings. The number of piperidine rings is 1. The van der Waals surface area contributed by atoms with Crippen molar-refractivity contribution in [2.45, 2.75) is 30.3 Å². The summed E-state index contributed by atoms with van der Waals surface area (Å²) in [4.78, 5) is 17.7. The number of likely N-dealkylation sites (tertiary alicyclic amines) is 1. The van der Waals surface area contributed by atoms with E-state index in [1.807, 2.05) is 60.8 Å². The lowest BCUT2D eigenvalue weighted by Crippen LogP contribution is -2.43. The minimum atomic E-state index is -3.21. The van der Waals surface area contributed by atoms with Crippen LogP contribution in [0.3, 0.4) is 0 Å². The SMILES string of the molecule is O=C(Cc1c[nH]c2ccccc12)N1CCC(S(=O)(=O)Cc2ccccc2)CC1. The van der Waals surface area contributed by atoms with Crippen molar-refractivity contribution in [2.75, 3.05) is 13.1 Å². The highest BCUT2D eigenvalue weighted by Gasteiger charge is 2.31. The van der Waals surface area contributed by atoms with Crippen LogP contribution in [0, 0.1) is 0 Å². The van der Waals surface area contributed by atoms with Gasteiger partial charge in [-0.1, -0.05) is 48.5 Å². The van der Waals surface area contributed by atoms with Crippen molar-refractivity contribution in [2.24, 2.45) is 0 Å². The first kappa shape index (κ1) is 18.7. The molecule has 1 fully saturated rings. The molecular weight excluding hydrogens is 372 g/mol. The second-order valence-corrected chi connectivity index (χ2v) is 9.69. The molecule has 0 aliphatic carbocycles. The third-order valence-electron chi connectivity index (χ3n) is 5.53. The lowest BCUT2D eigenvalue weighted by Gasteiger charge is -2.32. The van der Waals surface area contributed by atoms with E-state index in [2.05, 4.69) is 4.98 Å². The summed E-state index contributed by atoms with van der Waals surface area (Å²) in [5, 5.41) is 0.695. The number of aromatic amines is 1. The lowest BCUT2D eigenvalue weighted by molar-refractivity contribution is -0.131. The largest absolute Gasteiger partial charge is 0.361 e. The van der Waals surface area contributed by atoms with Gasteiger partial charge >= 0.3 is 0 Å². The first-order valence-electron chi connectivity index (χ1n) is 9.61. The molecule has 146 valence electrons. The van der Waals surface area contributed by atoms with Crippen LogP contribution >= 0.6 is 0 Å². The number of aromatic nitrogens is 1. The zero-order valence-electron chi connectivity index (χ0n) is 15.7. The van der Waals surface area contributed by atoms with Gasteiger partial charge in [-0.25, -0.2) is 8.42 Å². The highest BCUT2D eigenvalue weighted by molar-refractivity contribution is 7.91. The molecule has 6 heteroatoms. The molecule has 2 aromatic carbocycles. The molecule has 1 amide bonds. The number of benzene rings is 2. The second-order valence-electron chi connectivity index (χ2n) is 7.41. The number of nitrogens with zero attached hydrogens (tertiary/aromatic N) is 1. The molecule has 0 spiro atoms. The first-order chi connectivity index (χ1) is 13.5. The molecule has 1 aromatic heterocycles. The number of carbonyl (C=O) groups is 1. The number of rotatable bonds is 5. The topological polar surface area (TPSA) is 70.2 Å². The molecule has 4 rings (SSSR count). The van der Waals surface area contributed by atoms with Gasteiger partial charge < -0.3 is 9.88 Å². The average molecular weight is 397 g/mol. The zero-order valence-corrected chi connectivity index (χ0v) is 16.5. The van der Waals surface area contributed by atoms with Crippen LogP contribution in [0.5, 0.6) is 0 Å². The predicted molar refractivity (Wildman–Crippen MR) is 111 cm³/mol. The number of hydrogen-bond donors (Lipinski definition) is 1. The Morgan fingerprint density at radius 3 is 2.43 bits per heavy atom. The van der Waals surface area contributed by atoms with E-state index in [0.29, 0.717) is 32.4 Å². The van der Waals surface area contributed by atoms with E-state index in [1.165, 1.54) is 0 Å². The van der Waals surface area contributed by atoms with Gasteiger partial charge in [0.15, 0.2) is 9.84 Å². The maximum atomic E-state index is 12.7. The number of nitrogens with one attached hydrogen (secondary N) is 1.